The molecule has 26 heavy (non-hydrogen) atoms. The van der Waals surface area contributed by atoms with Crippen molar-refractivity contribution >= 4 is 23.2 Å². The molecule has 0 aliphatic heterocycles. The molecule has 0 atom stereocenters. The van der Waals surface area contributed by atoms with Gasteiger partial charge in [0.25, 0.3) is 5.56 Å². The highest BCUT2D eigenvalue weighted by atomic mass is 16.1. The number of nitrogens with zero attached hydrogens (tertiary/aromatic N) is 2. The minimum absolute atomic E-state index is 0.0692. The van der Waals surface area contributed by atoms with Gasteiger partial charge in [0, 0.05) is 6.20 Å². The van der Waals surface area contributed by atoms with Gasteiger partial charge in [-0.3, -0.25) is 9.36 Å². The Bertz CT molecular complexity index is 1170. The third kappa shape index (κ3) is 2.95. The molecule has 0 fully saturated rings. The van der Waals surface area contributed by atoms with Crippen LogP contribution in [0.5, 0.6) is 0 Å². The highest BCUT2D eigenvalue weighted by molar-refractivity contribution is 5.81. The fourth-order valence-electron chi connectivity index (χ4n) is 3.11. The summed E-state index contributed by atoms with van der Waals surface area (Å²) >= 11 is 0. The fourth-order valence-corrected chi connectivity index (χ4v) is 3.11. The van der Waals surface area contributed by atoms with Crippen LogP contribution in [0.3, 0.4) is 0 Å². The molecular formula is C23H18N2O. The molecule has 0 unspecified atom stereocenters. The Morgan fingerprint density at radius 3 is 2.38 bits per heavy atom. The second kappa shape index (κ2) is 6.81. The summed E-state index contributed by atoms with van der Waals surface area (Å²) < 4.78 is 1.52. The molecule has 3 nitrogen and oxygen atoms in total. The normalized spacial score (nSPS) is 11.3. The van der Waals surface area contributed by atoms with Crippen LogP contribution in [0.2, 0.25) is 0 Å². The van der Waals surface area contributed by atoms with Crippen LogP contribution in [0.4, 0.5) is 0 Å². The number of benzene rings is 3. The molecule has 3 heteroatoms. The summed E-state index contributed by atoms with van der Waals surface area (Å²) in [5.74, 6) is 0. The van der Waals surface area contributed by atoms with Crippen LogP contribution in [0.25, 0.3) is 34.3 Å². The van der Waals surface area contributed by atoms with Crippen molar-refractivity contribution in [2.45, 2.75) is 6.92 Å². The molecule has 126 valence electrons. The van der Waals surface area contributed by atoms with E-state index in [4.69, 9.17) is 0 Å². The fraction of sp³-hybridized carbons (Fsp3) is 0.0435. The van der Waals surface area contributed by atoms with Gasteiger partial charge in [-0.1, -0.05) is 60.7 Å². The molecule has 3 aromatic carbocycles. The predicted octanol–water partition coefficient (Wildman–Crippen LogP) is 5.00. The van der Waals surface area contributed by atoms with E-state index in [0.717, 1.165) is 11.1 Å². The van der Waals surface area contributed by atoms with Crippen LogP contribution in [-0.4, -0.2) is 9.55 Å². The summed E-state index contributed by atoms with van der Waals surface area (Å²) in [4.78, 5) is 17.0. The van der Waals surface area contributed by atoms with E-state index < -0.39 is 0 Å². The molecule has 1 aromatic heterocycles. The molecule has 0 aliphatic carbocycles. The van der Waals surface area contributed by atoms with Gasteiger partial charge in [-0.15, -0.1) is 0 Å². The van der Waals surface area contributed by atoms with Gasteiger partial charge in [-0.2, -0.15) is 0 Å². The molecule has 4 aromatic rings. The summed E-state index contributed by atoms with van der Waals surface area (Å²) in [5.41, 5.74) is 5.25. The van der Waals surface area contributed by atoms with Crippen molar-refractivity contribution in [3.05, 3.63) is 101 Å². The largest absolute Gasteiger partial charge is 0.274 e. The van der Waals surface area contributed by atoms with E-state index in [2.05, 4.69) is 36.2 Å². The first-order chi connectivity index (χ1) is 12.7. The molecular weight excluding hydrogens is 320 g/mol. The highest BCUT2D eigenvalue weighted by Crippen LogP contribution is 2.27. The zero-order chi connectivity index (χ0) is 17.9. The maximum atomic E-state index is 12.6. The lowest BCUT2D eigenvalue weighted by atomic mass is 9.96. The molecule has 4 rings (SSSR count). The van der Waals surface area contributed by atoms with Gasteiger partial charge in [-0.05, 0) is 47.4 Å². The Morgan fingerprint density at radius 2 is 1.54 bits per heavy atom. The molecule has 0 aliphatic rings. The monoisotopic (exact) mass is 338 g/mol. The van der Waals surface area contributed by atoms with E-state index in [1.165, 1.54) is 15.7 Å². The average Bonchev–Trinajstić information content (AvgIpc) is 2.68. The first kappa shape index (κ1) is 16.0. The lowest BCUT2D eigenvalue weighted by molar-refractivity contribution is 1.03. The van der Waals surface area contributed by atoms with E-state index in [1.807, 2.05) is 48.5 Å². The van der Waals surface area contributed by atoms with Gasteiger partial charge in [0.2, 0.25) is 0 Å². The van der Waals surface area contributed by atoms with Crippen LogP contribution in [0.15, 0.2) is 83.9 Å². The number of aryl methyl sites for hydroxylation is 1. The zero-order valence-electron chi connectivity index (χ0n) is 14.5. The third-order valence-corrected chi connectivity index (χ3v) is 4.50. The van der Waals surface area contributed by atoms with Crippen LogP contribution in [0, 0.1) is 6.92 Å². The minimum Gasteiger partial charge on any atom is -0.274 e. The van der Waals surface area contributed by atoms with Gasteiger partial charge in [-0.25, -0.2) is 4.98 Å². The van der Waals surface area contributed by atoms with E-state index in [1.54, 1.807) is 18.6 Å². The van der Waals surface area contributed by atoms with Crippen molar-refractivity contribution in [2.24, 2.45) is 0 Å². The average molecular weight is 338 g/mol. The number of hydrogen-bond acceptors (Lipinski definition) is 2. The topological polar surface area (TPSA) is 34.9 Å². The second-order valence-electron chi connectivity index (χ2n) is 6.19. The van der Waals surface area contributed by atoms with Crippen molar-refractivity contribution in [3.63, 3.8) is 0 Å². The maximum absolute atomic E-state index is 12.6. The summed E-state index contributed by atoms with van der Waals surface area (Å²) in [5, 5.41) is 0.617. The third-order valence-electron chi connectivity index (χ3n) is 4.50. The molecule has 0 bridgehead atoms. The second-order valence-corrected chi connectivity index (χ2v) is 6.19. The van der Waals surface area contributed by atoms with Crippen molar-refractivity contribution < 1.29 is 0 Å². The van der Waals surface area contributed by atoms with E-state index in [0.29, 0.717) is 10.9 Å². The SMILES string of the molecule is Cc1ccccc1-c1ccccc1C=Cn1cnc2ccccc2c1=O. The van der Waals surface area contributed by atoms with Gasteiger partial charge in [0.05, 0.1) is 10.9 Å². The number of fused-ring (bicyclic) bond motifs is 1. The van der Waals surface area contributed by atoms with Crippen molar-refractivity contribution in [1.82, 2.24) is 9.55 Å². The standard InChI is InChI=1S/C23H18N2O/c1-17-8-2-4-10-19(17)20-11-5-3-9-18(20)14-15-25-16-24-22-13-7-6-12-21(22)23(25)26/h2-16H,1H3. The van der Waals surface area contributed by atoms with Crippen molar-refractivity contribution in [1.29, 1.82) is 0 Å². The predicted molar refractivity (Wildman–Crippen MR) is 108 cm³/mol. The van der Waals surface area contributed by atoms with E-state index in [9.17, 15) is 4.79 Å². The van der Waals surface area contributed by atoms with Gasteiger partial charge >= 0.3 is 0 Å². The van der Waals surface area contributed by atoms with E-state index in [-0.39, 0.29) is 5.56 Å². The summed E-state index contributed by atoms with van der Waals surface area (Å²) in [7, 11) is 0. The molecule has 0 N–H and O–H groups in total. The number of aromatic nitrogens is 2. The molecule has 0 amide bonds. The highest BCUT2D eigenvalue weighted by Gasteiger charge is 2.05. The maximum Gasteiger partial charge on any atom is 0.265 e. The Morgan fingerprint density at radius 1 is 0.846 bits per heavy atom. The quantitative estimate of drug-likeness (QED) is 0.527. The first-order valence-corrected chi connectivity index (χ1v) is 8.53. The summed E-state index contributed by atoms with van der Waals surface area (Å²) in [6.07, 6.45) is 5.30. The number of rotatable bonds is 3. The van der Waals surface area contributed by atoms with Gasteiger partial charge in [0.15, 0.2) is 0 Å². The smallest absolute Gasteiger partial charge is 0.265 e. The number of hydrogen-bond donors (Lipinski definition) is 0. The number of para-hydroxylation sites is 1. The van der Waals surface area contributed by atoms with Crippen LogP contribution in [0.1, 0.15) is 11.1 Å². The molecule has 1 heterocycles. The van der Waals surface area contributed by atoms with Crippen molar-refractivity contribution in [3.8, 4) is 11.1 Å². The lowest BCUT2D eigenvalue weighted by Gasteiger charge is -2.09. The molecule has 0 spiro atoms. The molecule has 0 radical (unpaired) electrons. The summed E-state index contributed by atoms with van der Waals surface area (Å²) in [6.45, 7) is 2.10. The molecule has 0 saturated carbocycles. The Hall–Kier alpha value is -3.46. The van der Waals surface area contributed by atoms with E-state index >= 15 is 0 Å². The lowest BCUT2D eigenvalue weighted by Crippen LogP contribution is -2.15. The van der Waals surface area contributed by atoms with Crippen molar-refractivity contribution in [2.75, 3.05) is 0 Å². The Kier molecular flexibility index (Phi) is 4.20. The van der Waals surface area contributed by atoms with Gasteiger partial charge < -0.3 is 0 Å². The van der Waals surface area contributed by atoms with Crippen LogP contribution < -0.4 is 5.56 Å². The Labute approximate surface area is 151 Å². The van der Waals surface area contributed by atoms with Crippen LogP contribution in [-0.2, 0) is 0 Å². The Balaban J connectivity index is 1.78. The van der Waals surface area contributed by atoms with Crippen LogP contribution >= 0.6 is 0 Å². The molecule has 0 saturated heterocycles. The zero-order valence-corrected chi connectivity index (χ0v) is 14.5. The minimum atomic E-state index is -0.0692. The van der Waals surface area contributed by atoms with Gasteiger partial charge in [0.1, 0.15) is 6.33 Å². The first-order valence-electron chi connectivity index (χ1n) is 8.53. The summed E-state index contributed by atoms with van der Waals surface area (Å²) in [6, 6.07) is 23.9.